The Bertz CT molecular complexity index is 756. The van der Waals surface area contributed by atoms with Gasteiger partial charge in [-0.3, -0.25) is 4.79 Å². The van der Waals surface area contributed by atoms with Crippen LogP contribution >= 0.6 is 0 Å². The molecule has 2 aromatic carbocycles. The molecule has 0 aromatic heterocycles. The average molecular weight is 341 g/mol. The van der Waals surface area contributed by atoms with E-state index in [2.05, 4.69) is 6.07 Å². The number of fused-ring (bicyclic) bond motifs is 1. The molecule has 3 rings (SSSR count). The molecule has 1 saturated heterocycles. The molecular weight excluding hydrogens is 314 g/mol. The van der Waals surface area contributed by atoms with Gasteiger partial charge >= 0.3 is 0 Å². The number of ether oxygens (including phenoxy) is 1. The van der Waals surface area contributed by atoms with Gasteiger partial charge in [-0.2, -0.15) is 0 Å². The zero-order chi connectivity index (χ0) is 18.0. The summed E-state index contributed by atoms with van der Waals surface area (Å²) in [6, 6.07) is 12.1. The standard InChI is InChI=1S/C21H27NO3/c1-14(21(24)22-10-4-5-19(13-22)15(2)23)16-6-7-18-12-20(25-3)9-8-17(18)11-16/h6-9,11-12,14-15,19,23H,4-5,10,13H2,1-3H3/t14-,15?,19?/m0/s1. The first kappa shape index (κ1) is 17.7. The van der Waals surface area contributed by atoms with Crippen molar-refractivity contribution in [1.29, 1.82) is 0 Å². The van der Waals surface area contributed by atoms with Gasteiger partial charge in [0.15, 0.2) is 0 Å². The van der Waals surface area contributed by atoms with Gasteiger partial charge < -0.3 is 14.7 Å². The van der Waals surface area contributed by atoms with Gasteiger partial charge in [0.2, 0.25) is 5.91 Å². The van der Waals surface area contributed by atoms with Gasteiger partial charge in [-0.15, -0.1) is 0 Å². The molecule has 2 aromatic rings. The molecule has 1 aliphatic rings. The van der Waals surface area contributed by atoms with E-state index in [0.29, 0.717) is 6.54 Å². The third kappa shape index (κ3) is 3.79. The average Bonchev–Trinajstić information content (AvgIpc) is 2.66. The summed E-state index contributed by atoms with van der Waals surface area (Å²) >= 11 is 0. The number of nitrogens with zero attached hydrogens (tertiary/aromatic N) is 1. The number of hydrogen-bond acceptors (Lipinski definition) is 3. The molecule has 4 heteroatoms. The highest BCUT2D eigenvalue weighted by atomic mass is 16.5. The Balaban J connectivity index is 1.78. The van der Waals surface area contributed by atoms with E-state index in [1.54, 1.807) is 7.11 Å². The number of carbonyl (C=O) groups is 1. The summed E-state index contributed by atoms with van der Waals surface area (Å²) in [5, 5.41) is 12.1. The number of amides is 1. The van der Waals surface area contributed by atoms with Crippen LogP contribution < -0.4 is 4.74 Å². The smallest absolute Gasteiger partial charge is 0.229 e. The van der Waals surface area contributed by atoms with Crippen molar-refractivity contribution < 1.29 is 14.6 Å². The number of likely N-dealkylation sites (tertiary alicyclic amines) is 1. The second-order valence-electron chi connectivity index (χ2n) is 7.12. The number of benzene rings is 2. The molecule has 0 spiro atoms. The van der Waals surface area contributed by atoms with Crippen molar-refractivity contribution in [3.8, 4) is 5.75 Å². The Kier molecular flexibility index (Phi) is 5.28. The third-order valence-electron chi connectivity index (χ3n) is 5.39. The summed E-state index contributed by atoms with van der Waals surface area (Å²) in [6.07, 6.45) is 1.60. The molecule has 1 fully saturated rings. The van der Waals surface area contributed by atoms with Crippen molar-refractivity contribution in [2.75, 3.05) is 20.2 Å². The van der Waals surface area contributed by atoms with E-state index in [4.69, 9.17) is 4.74 Å². The molecule has 1 amide bonds. The lowest BCUT2D eigenvalue weighted by Gasteiger charge is -2.35. The van der Waals surface area contributed by atoms with Gasteiger partial charge in [0.05, 0.1) is 19.1 Å². The molecule has 0 radical (unpaired) electrons. The van der Waals surface area contributed by atoms with Crippen LogP contribution in [0.15, 0.2) is 36.4 Å². The first-order chi connectivity index (χ1) is 12.0. The highest BCUT2D eigenvalue weighted by Crippen LogP contribution is 2.28. The van der Waals surface area contributed by atoms with E-state index in [1.165, 1.54) is 0 Å². The normalized spacial score (nSPS) is 20.3. The van der Waals surface area contributed by atoms with E-state index in [0.717, 1.165) is 41.5 Å². The topological polar surface area (TPSA) is 49.8 Å². The summed E-state index contributed by atoms with van der Waals surface area (Å²) in [4.78, 5) is 14.8. The molecule has 4 nitrogen and oxygen atoms in total. The monoisotopic (exact) mass is 341 g/mol. The SMILES string of the molecule is COc1ccc2cc([C@H](C)C(=O)N3CCCC(C(C)O)C3)ccc2c1. The van der Waals surface area contributed by atoms with Gasteiger partial charge in [-0.1, -0.05) is 24.3 Å². The maximum atomic E-state index is 12.9. The molecule has 3 atom stereocenters. The number of aliphatic hydroxyl groups is 1. The van der Waals surface area contributed by atoms with Crippen LogP contribution in [-0.4, -0.2) is 42.2 Å². The highest BCUT2D eigenvalue weighted by molar-refractivity contribution is 5.88. The molecule has 1 N–H and O–H groups in total. The third-order valence-corrected chi connectivity index (χ3v) is 5.39. The van der Waals surface area contributed by atoms with Crippen LogP contribution in [0.5, 0.6) is 5.75 Å². The van der Waals surface area contributed by atoms with Crippen molar-refractivity contribution >= 4 is 16.7 Å². The Morgan fingerprint density at radius 2 is 1.92 bits per heavy atom. The number of carbonyl (C=O) groups excluding carboxylic acids is 1. The number of piperidine rings is 1. The van der Waals surface area contributed by atoms with Crippen molar-refractivity contribution in [3.05, 3.63) is 42.0 Å². The molecule has 0 bridgehead atoms. The van der Waals surface area contributed by atoms with Crippen LogP contribution in [0.3, 0.4) is 0 Å². The maximum absolute atomic E-state index is 12.9. The zero-order valence-corrected chi connectivity index (χ0v) is 15.2. The fourth-order valence-corrected chi connectivity index (χ4v) is 3.66. The fourth-order valence-electron chi connectivity index (χ4n) is 3.66. The van der Waals surface area contributed by atoms with Crippen molar-refractivity contribution in [1.82, 2.24) is 4.90 Å². The number of hydrogen-bond donors (Lipinski definition) is 1. The number of methoxy groups -OCH3 is 1. The minimum atomic E-state index is -0.360. The number of rotatable bonds is 4. The van der Waals surface area contributed by atoms with Gasteiger partial charge in [-0.05, 0) is 55.2 Å². The summed E-state index contributed by atoms with van der Waals surface area (Å²) in [7, 11) is 1.66. The molecule has 0 saturated carbocycles. The van der Waals surface area contributed by atoms with Crippen LogP contribution in [-0.2, 0) is 4.79 Å². The Hall–Kier alpha value is -2.07. The second-order valence-corrected chi connectivity index (χ2v) is 7.12. The van der Waals surface area contributed by atoms with Crippen molar-refractivity contribution in [2.24, 2.45) is 5.92 Å². The molecule has 134 valence electrons. The summed E-state index contributed by atoms with van der Waals surface area (Å²) < 4.78 is 5.27. The number of aliphatic hydroxyl groups excluding tert-OH is 1. The van der Waals surface area contributed by atoms with Crippen molar-refractivity contribution in [3.63, 3.8) is 0 Å². The molecule has 25 heavy (non-hydrogen) atoms. The lowest BCUT2D eigenvalue weighted by Crippen LogP contribution is -2.44. The van der Waals surface area contributed by atoms with Gasteiger partial charge in [0, 0.05) is 19.0 Å². The van der Waals surface area contributed by atoms with E-state index in [1.807, 2.05) is 49.1 Å². The van der Waals surface area contributed by atoms with Crippen LogP contribution in [0.25, 0.3) is 10.8 Å². The van der Waals surface area contributed by atoms with Gasteiger partial charge in [0.1, 0.15) is 5.75 Å². The Morgan fingerprint density at radius 3 is 2.64 bits per heavy atom. The first-order valence-electron chi connectivity index (χ1n) is 9.04. The maximum Gasteiger partial charge on any atom is 0.229 e. The quantitative estimate of drug-likeness (QED) is 0.925. The summed E-state index contributed by atoms with van der Waals surface area (Å²) in [5.74, 6) is 0.994. The second kappa shape index (κ2) is 7.44. The van der Waals surface area contributed by atoms with E-state index in [-0.39, 0.29) is 23.8 Å². The van der Waals surface area contributed by atoms with Gasteiger partial charge in [0.25, 0.3) is 0 Å². The summed E-state index contributed by atoms with van der Waals surface area (Å²) in [6.45, 7) is 5.24. The lowest BCUT2D eigenvalue weighted by molar-refractivity contribution is -0.135. The van der Waals surface area contributed by atoms with Crippen LogP contribution in [0, 0.1) is 5.92 Å². The Labute approximate surface area is 149 Å². The van der Waals surface area contributed by atoms with Crippen molar-refractivity contribution in [2.45, 2.75) is 38.7 Å². The molecule has 1 aliphatic heterocycles. The van der Waals surface area contributed by atoms with E-state index >= 15 is 0 Å². The zero-order valence-electron chi connectivity index (χ0n) is 15.2. The first-order valence-corrected chi connectivity index (χ1v) is 9.04. The Morgan fingerprint density at radius 1 is 1.20 bits per heavy atom. The largest absolute Gasteiger partial charge is 0.497 e. The minimum Gasteiger partial charge on any atom is -0.497 e. The lowest BCUT2D eigenvalue weighted by atomic mass is 9.91. The highest BCUT2D eigenvalue weighted by Gasteiger charge is 2.29. The van der Waals surface area contributed by atoms with Gasteiger partial charge in [-0.25, -0.2) is 0 Å². The van der Waals surface area contributed by atoms with Crippen LogP contribution in [0.2, 0.25) is 0 Å². The van der Waals surface area contributed by atoms with E-state index < -0.39 is 0 Å². The van der Waals surface area contributed by atoms with E-state index in [9.17, 15) is 9.90 Å². The fraction of sp³-hybridized carbons (Fsp3) is 0.476. The van der Waals surface area contributed by atoms with Crippen LogP contribution in [0.4, 0.5) is 0 Å². The predicted molar refractivity (Wildman–Crippen MR) is 99.9 cm³/mol. The molecular formula is C21H27NO3. The molecule has 0 aliphatic carbocycles. The minimum absolute atomic E-state index is 0.151. The molecule has 1 heterocycles. The summed E-state index contributed by atoms with van der Waals surface area (Å²) in [5.41, 5.74) is 1.03. The molecule has 2 unspecified atom stereocenters. The predicted octanol–water partition coefficient (Wildman–Crippen LogP) is 3.57. The van der Waals surface area contributed by atoms with Crippen LogP contribution in [0.1, 0.15) is 38.2 Å².